The molecule has 0 aliphatic rings. The van der Waals surface area contributed by atoms with Crippen LogP contribution in [0.15, 0.2) is 24.3 Å². The lowest BCUT2D eigenvalue weighted by Crippen LogP contribution is -2.34. The van der Waals surface area contributed by atoms with Crippen LogP contribution in [0.4, 0.5) is 0 Å². The van der Waals surface area contributed by atoms with Crippen LogP contribution in [0.3, 0.4) is 0 Å². The van der Waals surface area contributed by atoms with Crippen molar-refractivity contribution in [3.05, 3.63) is 34.9 Å². The first-order valence-corrected chi connectivity index (χ1v) is 5.20. The smallest absolute Gasteiger partial charge is 0.236 e. The second-order valence-electron chi connectivity index (χ2n) is 3.36. The van der Waals surface area contributed by atoms with Crippen molar-refractivity contribution in [2.75, 3.05) is 20.1 Å². The largest absolute Gasteiger partial charge is 0.344 e. The molecule has 0 aliphatic carbocycles. The third-order valence-electron chi connectivity index (χ3n) is 2.27. The quantitative estimate of drug-likeness (QED) is 0.841. The van der Waals surface area contributed by atoms with Crippen molar-refractivity contribution in [2.45, 2.75) is 6.42 Å². The summed E-state index contributed by atoms with van der Waals surface area (Å²) in [5, 5.41) is 0.742. The molecule has 4 heteroatoms. The van der Waals surface area contributed by atoms with Crippen molar-refractivity contribution in [2.24, 2.45) is 5.73 Å². The zero-order valence-corrected chi connectivity index (χ0v) is 9.50. The van der Waals surface area contributed by atoms with E-state index in [1.807, 2.05) is 24.3 Å². The summed E-state index contributed by atoms with van der Waals surface area (Å²) in [5.41, 5.74) is 6.31. The van der Waals surface area contributed by atoms with Gasteiger partial charge in [-0.15, -0.1) is 0 Å². The highest BCUT2D eigenvalue weighted by atomic mass is 35.5. The summed E-state index contributed by atoms with van der Waals surface area (Å²) in [6.45, 7) is 0.693. The third kappa shape index (κ3) is 3.53. The molecule has 1 amide bonds. The van der Waals surface area contributed by atoms with Crippen LogP contribution in [0, 0.1) is 0 Å². The second kappa shape index (κ2) is 5.73. The lowest BCUT2D eigenvalue weighted by atomic mass is 10.1. The number of nitrogens with zero attached hydrogens (tertiary/aromatic N) is 1. The van der Waals surface area contributed by atoms with E-state index < -0.39 is 0 Å². The minimum Gasteiger partial charge on any atom is -0.344 e. The number of halogens is 1. The van der Waals surface area contributed by atoms with E-state index in [9.17, 15) is 4.79 Å². The molecule has 0 aliphatic heterocycles. The van der Waals surface area contributed by atoms with Crippen LogP contribution < -0.4 is 5.73 Å². The standard InChI is InChI=1S/C11H15ClN2O/c1-14(11(15)8-13)7-6-9-4-2-3-5-10(9)12/h2-5H,6-8,13H2,1H3. The van der Waals surface area contributed by atoms with Gasteiger partial charge in [0.05, 0.1) is 6.54 Å². The summed E-state index contributed by atoms with van der Waals surface area (Å²) >= 11 is 5.99. The fraction of sp³-hybridized carbons (Fsp3) is 0.364. The van der Waals surface area contributed by atoms with Gasteiger partial charge in [-0.1, -0.05) is 29.8 Å². The Balaban J connectivity index is 2.50. The third-order valence-corrected chi connectivity index (χ3v) is 2.64. The summed E-state index contributed by atoms with van der Waals surface area (Å²) in [4.78, 5) is 12.8. The number of hydrogen-bond acceptors (Lipinski definition) is 2. The Morgan fingerprint density at radius 2 is 2.13 bits per heavy atom. The van der Waals surface area contributed by atoms with Gasteiger partial charge < -0.3 is 10.6 Å². The number of carbonyl (C=O) groups excluding carboxylic acids is 1. The fourth-order valence-electron chi connectivity index (χ4n) is 1.27. The van der Waals surface area contributed by atoms with Crippen LogP contribution in [0.25, 0.3) is 0 Å². The first-order valence-electron chi connectivity index (χ1n) is 4.82. The van der Waals surface area contributed by atoms with Gasteiger partial charge in [-0.3, -0.25) is 4.79 Å². The van der Waals surface area contributed by atoms with Crippen molar-refractivity contribution in [1.29, 1.82) is 0 Å². The molecule has 15 heavy (non-hydrogen) atoms. The molecule has 3 nitrogen and oxygen atoms in total. The monoisotopic (exact) mass is 226 g/mol. The molecule has 2 N–H and O–H groups in total. The van der Waals surface area contributed by atoms with Gasteiger partial charge in [0.2, 0.25) is 5.91 Å². The lowest BCUT2D eigenvalue weighted by Gasteiger charge is -2.16. The fourth-order valence-corrected chi connectivity index (χ4v) is 1.50. The Bertz CT molecular complexity index is 341. The minimum absolute atomic E-state index is 0.0537. The topological polar surface area (TPSA) is 46.3 Å². The molecule has 0 spiro atoms. The Hall–Kier alpha value is -1.06. The normalized spacial score (nSPS) is 10.1. The van der Waals surface area contributed by atoms with E-state index in [1.54, 1.807) is 11.9 Å². The highest BCUT2D eigenvalue weighted by molar-refractivity contribution is 6.31. The van der Waals surface area contributed by atoms with Crippen LogP contribution in [0.2, 0.25) is 5.02 Å². The number of rotatable bonds is 4. The van der Waals surface area contributed by atoms with E-state index in [0.717, 1.165) is 17.0 Å². The predicted octanol–water partition coefficient (Wildman–Crippen LogP) is 1.30. The second-order valence-corrected chi connectivity index (χ2v) is 3.77. The average molecular weight is 227 g/mol. The van der Waals surface area contributed by atoms with Gasteiger partial charge in [0.25, 0.3) is 0 Å². The highest BCUT2D eigenvalue weighted by Gasteiger charge is 2.06. The molecule has 0 heterocycles. The Morgan fingerprint density at radius 1 is 1.47 bits per heavy atom. The van der Waals surface area contributed by atoms with Crippen LogP contribution >= 0.6 is 11.6 Å². The van der Waals surface area contributed by atoms with Crippen LogP contribution in [0.5, 0.6) is 0 Å². The van der Waals surface area contributed by atoms with Crippen LogP contribution in [-0.4, -0.2) is 30.9 Å². The van der Waals surface area contributed by atoms with E-state index in [2.05, 4.69) is 0 Å². The predicted molar refractivity (Wildman–Crippen MR) is 61.8 cm³/mol. The summed E-state index contributed by atoms with van der Waals surface area (Å²) in [6.07, 6.45) is 0.752. The molecule has 0 saturated carbocycles. The zero-order chi connectivity index (χ0) is 11.3. The Kier molecular flexibility index (Phi) is 4.59. The summed E-state index contributed by atoms with van der Waals surface area (Å²) in [5.74, 6) is -0.0537. The number of amides is 1. The van der Waals surface area contributed by atoms with Crippen molar-refractivity contribution >= 4 is 17.5 Å². The molecule has 0 unspecified atom stereocenters. The van der Waals surface area contributed by atoms with Crippen LogP contribution in [-0.2, 0) is 11.2 Å². The van der Waals surface area contributed by atoms with Gasteiger partial charge in [-0.2, -0.15) is 0 Å². The van der Waals surface area contributed by atoms with Gasteiger partial charge in [0, 0.05) is 18.6 Å². The first-order chi connectivity index (χ1) is 7.15. The number of hydrogen-bond donors (Lipinski definition) is 1. The minimum atomic E-state index is -0.0537. The molecule has 0 aromatic heterocycles. The molecule has 0 atom stereocenters. The number of carbonyl (C=O) groups is 1. The SMILES string of the molecule is CN(CCc1ccccc1Cl)C(=O)CN. The molecular formula is C11H15ClN2O. The van der Waals surface area contributed by atoms with Crippen molar-refractivity contribution < 1.29 is 4.79 Å². The molecule has 0 bridgehead atoms. The first kappa shape index (κ1) is 12.0. The van der Waals surface area contributed by atoms with E-state index >= 15 is 0 Å². The highest BCUT2D eigenvalue weighted by Crippen LogP contribution is 2.15. The molecule has 82 valence electrons. The van der Waals surface area contributed by atoms with Crippen molar-refractivity contribution in [3.63, 3.8) is 0 Å². The molecule has 0 fully saturated rings. The number of benzene rings is 1. The zero-order valence-electron chi connectivity index (χ0n) is 8.74. The van der Waals surface area contributed by atoms with Gasteiger partial charge in [-0.25, -0.2) is 0 Å². The number of nitrogens with two attached hydrogens (primary N) is 1. The van der Waals surface area contributed by atoms with Gasteiger partial charge in [0.15, 0.2) is 0 Å². The van der Waals surface area contributed by atoms with Gasteiger partial charge >= 0.3 is 0 Å². The maximum Gasteiger partial charge on any atom is 0.236 e. The van der Waals surface area contributed by atoms with Gasteiger partial charge in [0.1, 0.15) is 0 Å². The molecule has 0 saturated heterocycles. The number of likely N-dealkylation sites (N-methyl/N-ethyl adjacent to an activating group) is 1. The van der Waals surface area contributed by atoms with E-state index in [-0.39, 0.29) is 12.5 Å². The molecule has 1 aromatic rings. The van der Waals surface area contributed by atoms with E-state index in [4.69, 9.17) is 17.3 Å². The molecular weight excluding hydrogens is 212 g/mol. The molecule has 1 aromatic carbocycles. The molecule has 1 rings (SSSR count). The van der Waals surface area contributed by atoms with Crippen LogP contribution in [0.1, 0.15) is 5.56 Å². The maximum absolute atomic E-state index is 11.2. The van der Waals surface area contributed by atoms with E-state index in [1.165, 1.54) is 0 Å². The summed E-state index contributed by atoms with van der Waals surface area (Å²) in [7, 11) is 1.74. The Labute approximate surface area is 94.8 Å². The average Bonchev–Trinajstić information content (AvgIpc) is 2.26. The summed E-state index contributed by atoms with van der Waals surface area (Å²) < 4.78 is 0. The summed E-state index contributed by atoms with van der Waals surface area (Å²) in [6, 6.07) is 7.64. The Morgan fingerprint density at radius 3 is 2.73 bits per heavy atom. The maximum atomic E-state index is 11.2. The van der Waals surface area contributed by atoms with E-state index in [0.29, 0.717) is 6.54 Å². The van der Waals surface area contributed by atoms with Gasteiger partial charge in [-0.05, 0) is 18.1 Å². The van der Waals surface area contributed by atoms with Crippen molar-refractivity contribution in [3.8, 4) is 0 Å². The molecule has 0 radical (unpaired) electrons. The lowest BCUT2D eigenvalue weighted by molar-refractivity contribution is -0.128. The van der Waals surface area contributed by atoms with Crippen molar-refractivity contribution in [1.82, 2.24) is 4.90 Å².